The Morgan fingerprint density at radius 3 is 2.75 bits per heavy atom. The third-order valence-electron chi connectivity index (χ3n) is 2.76. The van der Waals surface area contributed by atoms with Crippen molar-refractivity contribution in [2.45, 2.75) is 57.1 Å². The number of hydrogen-bond donors (Lipinski definition) is 2. The summed E-state index contributed by atoms with van der Waals surface area (Å²) < 4.78 is 5.26. The van der Waals surface area contributed by atoms with Crippen LogP contribution in [-0.2, 0) is 4.74 Å². The number of nitrogens with one attached hydrogen (secondary N) is 1. The summed E-state index contributed by atoms with van der Waals surface area (Å²) >= 11 is 0. The number of epoxide rings is 1. The van der Waals surface area contributed by atoms with E-state index in [0.717, 1.165) is 19.3 Å². The summed E-state index contributed by atoms with van der Waals surface area (Å²) in [5.41, 5.74) is 0. The van der Waals surface area contributed by atoms with Gasteiger partial charge in [-0.1, -0.05) is 0 Å². The second-order valence-corrected chi connectivity index (χ2v) is 3.95. The first kappa shape index (κ1) is 8.48. The number of aliphatic hydroxyl groups excluding tert-OH is 1. The molecule has 1 saturated carbocycles. The molecular formula is C9H17NO2. The van der Waals surface area contributed by atoms with Gasteiger partial charge in [0.25, 0.3) is 0 Å². The van der Waals surface area contributed by atoms with E-state index < -0.39 is 0 Å². The van der Waals surface area contributed by atoms with Crippen molar-refractivity contribution in [1.29, 1.82) is 0 Å². The standard InChI is InChI=1S/C9H17NO2/c1-6-9(12-6)10-7-3-2-4-8(11)5-7/h6-11H,2-5H2,1H3. The van der Waals surface area contributed by atoms with Gasteiger partial charge in [0.1, 0.15) is 6.23 Å². The van der Waals surface area contributed by atoms with Crippen LogP contribution in [0, 0.1) is 0 Å². The van der Waals surface area contributed by atoms with Crippen LogP contribution in [0.2, 0.25) is 0 Å². The van der Waals surface area contributed by atoms with Crippen molar-refractivity contribution in [3.05, 3.63) is 0 Å². The number of hydrogen-bond acceptors (Lipinski definition) is 3. The van der Waals surface area contributed by atoms with Gasteiger partial charge >= 0.3 is 0 Å². The van der Waals surface area contributed by atoms with Crippen molar-refractivity contribution in [3.8, 4) is 0 Å². The Bertz CT molecular complexity index is 163. The van der Waals surface area contributed by atoms with Crippen molar-refractivity contribution in [2.75, 3.05) is 0 Å². The quantitative estimate of drug-likeness (QED) is 0.599. The molecule has 1 aliphatic carbocycles. The summed E-state index contributed by atoms with van der Waals surface area (Å²) in [5, 5.41) is 12.8. The fourth-order valence-corrected chi connectivity index (χ4v) is 1.91. The first-order valence-corrected chi connectivity index (χ1v) is 4.85. The van der Waals surface area contributed by atoms with Crippen LogP contribution >= 0.6 is 0 Å². The Hall–Kier alpha value is -0.120. The number of rotatable bonds is 2. The monoisotopic (exact) mass is 171 g/mol. The molecule has 1 aliphatic heterocycles. The SMILES string of the molecule is CC1OC1NC1CCCC(O)C1. The molecule has 3 heteroatoms. The maximum atomic E-state index is 9.40. The Morgan fingerprint density at radius 2 is 2.17 bits per heavy atom. The molecule has 4 unspecified atom stereocenters. The van der Waals surface area contributed by atoms with Crippen molar-refractivity contribution in [1.82, 2.24) is 5.32 Å². The molecule has 2 rings (SSSR count). The summed E-state index contributed by atoms with van der Waals surface area (Å²) in [6.07, 6.45) is 4.74. The molecule has 2 aliphatic rings. The van der Waals surface area contributed by atoms with Crippen molar-refractivity contribution in [2.24, 2.45) is 0 Å². The topological polar surface area (TPSA) is 44.8 Å². The van der Waals surface area contributed by atoms with Crippen molar-refractivity contribution in [3.63, 3.8) is 0 Å². The summed E-state index contributed by atoms with van der Waals surface area (Å²) in [6.45, 7) is 2.07. The van der Waals surface area contributed by atoms with E-state index in [2.05, 4.69) is 12.2 Å². The zero-order valence-corrected chi connectivity index (χ0v) is 7.49. The third kappa shape index (κ3) is 1.97. The highest BCUT2D eigenvalue weighted by molar-refractivity contribution is 4.85. The fraction of sp³-hybridized carbons (Fsp3) is 1.00. The summed E-state index contributed by atoms with van der Waals surface area (Å²) in [6, 6.07) is 0.476. The average molecular weight is 171 g/mol. The maximum absolute atomic E-state index is 9.40. The number of ether oxygens (including phenoxy) is 1. The molecule has 0 bridgehead atoms. The van der Waals surface area contributed by atoms with Crippen LogP contribution in [0.15, 0.2) is 0 Å². The van der Waals surface area contributed by atoms with Crippen molar-refractivity contribution < 1.29 is 9.84 Å². The maximum Gasteiger partial charge on any atom is 0.135 e. The molecule has 70 valence electrons. The Kier molecular flexibility index (Phi) is 2.35. The van der Waals surface area contributed by atoms with Gasteiger partial charge in [-0.15, -0.1) is 0 Å². The van der Waals surface area contributed by atoms with Crippen LogP contribution in [0.5, 0.6) is 0 Å². The molecule has 0 aromatic rings. The Morgan fingerprint density at radius 1 is 1.42 bits per heavy atom. The summed E-state index contributed by atoms with van der Waals surface area (Å²) in [5.74, 6) is 0. The third-order valence-corrected chi connectivity index (χ3v) is 2.76. The molecule has 1 heterocycles. The Labute approximate surface area is 73.1 Å². The number of aliphatic hydroxyl groups is 1. The summed E-state index contributed by atoms with van der Waals surface area (Å²) in [4.78, 5) is 0. The summed E-state index contributed by atoms with van der Waals surface area (Å²) in [7, 11) is 0. The van der Waals surface area contributed by atoms with Gasteiger partial charge in [0, 0.05) is 6.04 Å². The smallest absolute Gasteiger partial charge is 0.135 e. The highest BCUT2D eigenvalue weighted by Crippen LogP contribution is 2.24. The Balaban J connectivity index is 1.72. The average Bonchev–Trinajstić information content (AvgIpc) is 2.66. The van der Waals surface area contributed by atoms with Gasteiger partial charge < -0.3 is 9.84 Å². The molecule has 2 fully saturated rings. The van der Waals surface area contributed by atoms with Crippen molar-refractivity contribution >= 4 is 0 Å². The normalized spacial score (nSPS) is 47.5. The lowest BCUT2D eigenvalue weighted by atomic mass is 9.93. The van der Waals surface area contributed by atoms with E-state index >= 15 is 0 Å². The minimum Gasteiger partial charge on any atom is -0.393 e. The molecule has 3 nitrogen and oxygen atoms in total. The first-order chi connectivity index (χ1) is 5.75. The zero-order chi connectivity index (χ0) is 8.55. The highest BCUT2D eigenvalue weighted by atomic mass is 16.6. The zero-order valence-electron chi connectivity index (χ0n) is 7.49. The minimum atomic E-state index is -0.0923. The van der Waals surface area contributed by atoms with Gasteiger partial charge in [0.05, 0.1) is 12.2 Å². The van der Waals surface area contributed by atoms with Crippen LogP contribution in [-0.4, -0.2) is 29.6 Å². The molecule has 4 atom stereocenters. The lowest BCUT2D eigenvalue weighted by Gasteiger charge is -2.26. The van der Waals surface area contributed by atoms with E-state index in [-0.39, 0.29) is 12.3 Å². The second kappa shape index (κ2) is 3.32. The predicted octanol–water partition coefficient (Wildman–Crippen LogP) is 0.624. The minimum absolute atomic E-state index is 0.0923. The van der Waals surface area contributed by atoms with Gasteiger partial charge in [-0.3, -0.25) is 5.32 Å². The first-order valence-electron chi connectivity index (χ1n) is 4.85. The van der Waals surface area contributed by atoms with E-state index in [1.807, 2.05) is 0 Å². The van der Waals surface area contributed by atoms with Gasteiger partial charge in [-0.05, 0) is 32.6 Å². The van der Waals surface area contributed by atoms with Gasteiger partial charge in [-0.2, -0.15) is 0 Å². The van der Waals surface area contributed by atoms with E-state index in [1.165, 1.54) is 6.42 Å². The van der Waals surface area contributed by atoms with Crippen LogP contribution in [0.1, 0.15) is 32.6 Å². The molecule has 0 aromatic heterocycles. The van der Waals surface area contributed by atoms with E-state index in [9.17, 15) is 5.11 Å². The molecular weight excluding hydrogens is 154 g/mol. The van der Waals surface area contributed by atoms with Crippen LogP contribution in [0.4, 0.5) is 0 Å². The molecule has 0 radical (unpaired) electrons. The van der Waals surface area contributed by atoms with Crippen LogP contribution < -0.4 is 5.32 Å². The lowest BCUT2D eigenvalue weighted by molar-refractivity contribution is 0.108. The molecule has 1 saturated heterocycles. The molecule has 0 amide bonds. The van der Waals surface area contributed by atoms with Crippen LogP contribution in [0.3, 0.4) is 0 Å². The molecule has 12 heavy (non-hydrogen) atoms. The fourth-order valence-electron chi connectivity index (χ4n) is 1.91. The molecule has 0 aromatic carbocycles. The van der Waals surface area contributed by atoms with Gasteiger partial charge in [-0.25, -0.2) is 0 Å². The predicted molar refractivity (Wildman–Crippen MR) is 45.7 cm³/mol. The van der Waals surface area contributed by atoms with E-state index in [0.29, 0.717) is 12.1 Å². The van der Waals surface area contributed by atoms with Crippen LogP contribution in [0.25, 0.3) is 0 Å². The van der Waals surface area contributed by atoms with Gasteiger partial charge in [0.2, 0.25) is 0 Å². The van der Waals surface area contributed by atoms with Gasteiger partial charge in [0.15, 0.2) is 0 Å². The highest BCUT2D eigenvalue weighted by Gasteiger charge is 2.36. The molecule has 0 spiro atoms. The van der Waals surface area contributed by atoms with E-state index in [1.54, 1.807) is 0 Å². The lowest BCUT2D eigenvalue weighted by Crippen LogP contribution is -2.38. The largest absolute Gasteiger partial charge is 0.393 e. The second-order valence-electron chi connectivity index (χ2n) is 3.95. The van der Waals surface area contributed by atoms with E-state index in [4.69, 9.17) is 4.74 Å². The molecule has 2 N–H and O–H groups in total.